The summed E-state index contributed by atoms with van der Waals surface area (Å²) in [5, 5.41) is 39.2. The number of aliphatic hydroxyl groups is 4. The third kappa shape index (κ3) is 3.16. The van der Waals surface area contributed by atoms with Crippen molar-refractivity contribution >= 4 is 11.6 Å². The lowest BCUT2D eigenvalue weighted by molar-refractivity contribution is -0.178. The van der Waals surface area contributed by atoms with E-state index in [-0.39, 0.29) is 35.6 Å². The Balaban J connectivity index is 0.000000755. The molecule has 0 bridgehead atoms. The van der Waals surface area contributed by atoms with Crippen molar-refractivity contribution in [2.45, 2.75) is 64.6 Å². The van der Waals surface area contributed by atoms with E-state index < -0.39 is 29.5 Å². The molecule has 0 unspecified atom stereocenters. The molecule has 0 radical (unpaired) electrons. The van der Waals surface area contributed by atoms with Gasteiger partial charge < -0.3 is 20.4 Å². The number of rotatable bonds is 2. The van der Waals surface area contributed by atoms with Gasteiger partial charge in [-0.25, -0.2) is 0 Å². The summed E-state index contributed by atoms with van der Waals surface area (Å²) in [5.41, 5.74) is -1.54. The second kappa shape index (κ2) is 7.73. The van der Waals surface area contributed by atoms with Crippen molar-refractivity contribution in [3.63, 3.8) is 0 Å². The fraction of sp³-hybridized carbons (Fsp3) is 0.739. The Hall–Kier alpha value is -1.34. The van der Waals surface area contributed by atoms with E-state index in [0.717, 1.165) is 24.8 Å². The van der Waals surface area contributed by atoms with Crippen molar-refractivity contribution in [2.75, 3.05) is 13.2 Å². The maximum atomic E-state index is 12.4. The van der Waals surface area contributed by atoms with E-state index in [1.54, 1.807) is 19.1 Å². The van der Waals surface area contributed by atoms with Crippen LogP contribution in [0.3, 0.4) is 0 Å². The SMILES string of the molecule is CCO.C[C@]12C=CC(=O)C=C1CC[C@@H]1[C@@H]2[C@@H](O)C[C@@]2(C)[C@H]1CC[C@]2(O)C(=O)CO. The van der Waals surface area contributed by atoms with Gasteiger partial charge >= 0.3 is 0 Å². The molecule has 6 heteroatoms. The Labute approximate surface area is 172 Å². The van der Waals surface area contributed by atoms with Crippen molar-refractivity contribution in [3.05, 3.63) is 23.8 Å². The smallest absolute Gasteiger partial charge is 0.190 e. The van der Waals surface area contributed by atoms with E-state index in [9.17, 15) is 24.9 Å². The Kier molecular flexibility index (Phi) is 5.96. The van der Waals surface area contributed by atoms with Crippen molar-refractivity contribution in [1.82, 2.24) is 0 Å². The predicted octanol–water partition coefficient (Wildman–Crippen LogP) is 1.56. The molecule has 4 aliphatic rings. The van der Waals surface area contributed by atoms with Gasteiger partial charge in [-0.3, -0.25) is 9.59 Å². The normalized spacial score (nSPS) is 45.3. The molecule has 0 aromatic rings. The molecule has 0 aromatic heterocycles. The van der Waals surface area contributed by atoms with Gasteiger partial charge in [-0.15, -0.1) is 0 Å². The van der Waals surface area contributed by atoms with Gasteiger partial charge in [0.15, 0.2) is 11.6 Å². The van der Waals surface area contributed by atoms with Gasteiger partial charge in [0.25, 0.3) is 0 Å². The minimum atomic E-state index is -1.56. The molecule has 0 aliphatic heterocycles. The molecule has 0 saturated heterocycles. The Bertz CT molecular complexity index is 742. The van der Waals surface area contributed by atoms with E-state index in [2.05, 4.69) is 6.92 Å². The van der Waals surface area contributed by atoms with Gasteiger partial charge in [0.2, 0.25) is 0 Å². The minimum Gasteiger partial charge on any atom is -0.397 e. The first-order chi connectivity index (χ1) is 13.6. The largest absolute Gasteiger partial charge is 0.397 e. The van der Waals surface area contributed by atoms with Crippen LogP contribution >= 0.6 is 0 Å². The van der Waals surface area contributed by atoms with Crippen LogP contribution in [0.25, 0.3) is 0 Å². The number of fused-ring (bicyclic) bond motifs is 5. The molecule has 3 saturated carbocycles. The zero-order valence-corrected chi connectivity index (χ0v) is 17.6. The highest BCUT2D eigenvalue weighted by Crippen LogP contribution is 2.67. The highest BCUT2D eigenvalue weighted by Gasteiger charge is 2.67. The fourth-order valence-corrected chi connectivity index (χ4v) is 6.92. The highest BCUT2D eigenvalue weighted by molar-refractivity contribution is 6.01. The van der Waals surface area contributed by atoms with Crippen molar-refractivity contribution < 1.29 is 30.0 Å². The summed E-state index contributed by atoms with van der Waals surface area (Å²) in [7, 11) is 0. The first-order valence-electron chi connectivity index (χ1n) is 10.7. The molecule has 6 nitrogen and oxygen atoms in total. The number of ketones is 2. The summed E-state index contributed by atoms with van der Waals surface area (Å²) < 4.78 is 0. The van der Waals surface area contributed by atoms with Gasteiger partial charge in [0.05, 0.1) is 6.10 Å². The molecule has 7 atom stereocenters. The molecule has 0 aromatic carbocycles. The Morgan fingerprint density at radius 1 is 1.24 bits per heavy atom. The van der Waals surface area contributed by atoms with Crippen LogP contribution in [0.5, 0.6) is 0 Å². The highest BCUT2D eigenvalue weighted by atomic mass is 16.3. The van der Waals surface area contributed by atoms with Crippen LogP contribution < -0.4 is 0 Å². The second-order valence-corrected chi connectivity index (χ2v) is 9.51. The van der Waals surface area contributed by atoms with Crippen LogP contribution in [0.4, 0.5) is 0 Å². The quantitative estimate of drug-likeness (QED) is 0.553. The lowest BCUT2D eigenvalue weighted by Crippen LogP contribution is -2.61. The molecule has 4 aliphatic carbocycles. The molecule has 29 heavy (non-hydrogen) atoms. The van der Waals surface area contributed by atoms with E-state index >= 15 is 0 Å². The number of allylic oxidation sites excluding steroid dienone is 4. The molecule has 0 amide bonds. The molecular formula is C23H34O6. The van der Waals surface area contributed by atoms with Crippen LogP contribution in [0.15, 0.2) is 23.8 Å². The molecule has 4 N–H and O–H groups in total. The van der Waals surface area contributed by atoms with E-state index in [0.29, 0.717) is 12.8 Å². The zero-order chi connectivity index (χ0) is 21.6. The standard InChI is InChI=1S/C21H28O5.C2H6O/c1-19-7-5-13(23)9-12(19)3-4-14-15-6-8-21(26,17(25)11-22)20(15,2)10-16(24)18(14)19;1-2-3/h5,7,9,14-16,18,22,24,26H,3-4,6,8,10-11H2,1-2H3;3H,2H2,1H3/t14-,15-,16-,18+,19-,20-,21-;/m0./s1. The van der Waals surface area contributed by atoms with Crippen LogP contribution in [0.1, 0.15) is 52.9 Å². The third-order valence-corrected chi connectivity index (χ3v) is 8.25. The number of aliphatic hydroxyl groups excluding tert-OH is 3. The second-order valence-electron chi connectivity index (χ2n) is 9.51. The number of carbonyl (C=O) groups excluding carboxylic acids is 2. The van der Waals surface area contributed by atoms with Gasteiger partial charge in [-0.1, -0.05) is 25.5 Å². The third-order valence-electron chi connectivity index (χ3n) is 8.25. The maximum Gasteiger partial charge on any atom is 0.190 e. The molecule has 4 rings (SSSR count). The van der Waals surface area contributed by atoms with Crippen LogP contribution in [0.2, 0.25) is 0 Å². The molecular weight excluding hydrogens is 372 g/mol. The lowest BCUT2D eigenvalue weighted by atomic mass is 9.46. The van der Waals surface area contributed by atoms with E-state index in [1.807, 2.05) is 13.0 Å². The van der Waals surface area contributed by atoms with Crippen LogP contribution in [-0.4, -0.2) is 56.9 Å². The molecule has 162 valence electrons. The topological polar surface area (TPSA) is 115 Å². The van der Waals surface area contributed by atoms with Gasteiger partial charge in [-0.2, -0.15) is 0 Å². The van der Waals surface area contributed by atoms with Gasteiger partial charge in [0.1, 0.15) is 12.2 Å². The van der Waals surface area contributed by atoms with E-state index in [1.165, 1.54) is 0 Å². The van der Waals surface area contributed by atoms with Gasteiger partial charge in [-0.05, 0) is 63.0 Å². The molecule has 3 fully saturated rings. The Morgan fingerprint density at radius 3 is 2.52 bits per heavy atom. The summed E-state index contributed by atoms with van der Waals surface area (Å²) in [4.78, 5) is 24.2. The molecule has 0 spiro atoms. The van der Waals surface area contributed by atoms with Crippen LogP contribution in [0, 0.1) is 28.6 Å². The zero-order valence-electron chi connectivity index (χ0n) is 17.6. The number of carbonyl (C=O) groups is 2. The lowest BCUT2D eigenvalue weighted by Gasteiger charge is -2.59. The number of hydrogen-bond acceptors (Lipinski definition) is 6. The summed E-state index contributed by atoms with van der Waals surface area (Å²) in [5.74, 6) is -0.227. The van der Waals surface area contributed by atoms with Crippen molar-refractivity contribution in [2.24, 2.45) is 28.6 Å². The number of hydrogen-bond donors (Lipinski definition) is 4. The average Bonchev–Trinajstić information content (AvgIpc) is 2.93. The first kappa shape index (κ1) is 22.3. The fourth-order valence-electron chi connectivity index (χ4n) is 6.92. The Morgan fingerprint density at radius 2 is 1.90 bits per heavy atom. The first-order valence-corrected chi connectivity index (χ1v) is 10.7. The number of Topliss-reactive ketones (excluding diaryl/α,β-unsaturated/α-hetero) is 1. The van der Waals surface area contributed by atoms with E-state index in [4.69, 9.17) is 5.11 Å². The minimum absolute atomic E-state index is 0.00912. The molecule has 0 heterocycles. The maximum absolute atomic E-state index is 12.4. The van der Waals surface area contributed by atoms with Crippen molar-refractivity contribution in [1.29, 1.82) is 0 Å². The van der Waals surface area contributed by atoms with Crippen LogP contribution in [-0.2, 0) is 9.59 Å². The van der Waals surface area contributed by atoms with Crippen molar-refractivity contribution in [3.8, 4) is 0 Å². The summed E-state index contributed by atoms with van der Waals surface area (Å²) in [6.07, 6.45) is 7.68. The predicted molar refractivity (Wildman–Crippen MR) is 108 cm³/mol. The summed E-state index contributed by atoms with van der Waals surface area (Å²) in [6, 6.07) is 0. The summed E-state index contributed by atoms with van der Waals surface area (Å²) in [6.45, 7) is 5.27. The summed E-state index contributed by atoms with van der Waals surface area (Å²) >= 11 is 0. The van der Waals surface area contributed by atoms with Gasteiger partial charge in [0, 0.05) is 23.4 Å². The monoisotopic (exact) mass is 406 g/mol. The average molecular weight is 407 g/mol.